The molecule has 144 heavy (non-hydrogen) atoms. The largest absolute Gasteiger partial charge is 0.355 e. The van der Waals surface area contributed by atoms with Gasteiger partial charge in [-0.05, 0) is 81.3 Å². The van der Waals surface area contributed by atoms with Gasteiger partial charge in [-0.15, -0.1) is 0 Å². The first-order valence-electron chi connectivity index (χ1n) is 46.0. The van der Waals surface area contributed by atoms with Crippen LogP contribution in [0, 0.1) is 0 Å². The zero-order chi connectivity index (χ0) is 99.3. The number of carbonyl (C=O) groups excluding carboxylic acids is 8. The van der Waals surface area contributed by atoms with Crippen molar-refractivity contribution in [1.82, 2.24) is 181 Å². The topological polar surface area (TPSA) is 609 Å². The van der Waals surface area contributed by atoms with E-state index in [-0.39, 0.29) is 47.5 Å². The highest BCUT2D eigenvalue weighted by Crippen LogP contribution is 2.38. The number of rotatable bonds is 18. The lowest BCUT2D eigenvalue weighted by Crippen LogP contribution is -2.48. The van der Waals surface area contributed by atoms with E-state index < -0.39 is 0 Å². The first-order valence-corrected chi connectivity index (χ1v) is 46.0. The Bertz CT molecular complexity index is 8360. The van der Waals surface area contributed by atoms with Gasteiger partial charge in [0.25, 0.3) is 23.6 Å². The molecule has 3 aliphatic heterocycles. The molecule has 3 saturated heterocycles. The molecule has 0 atom stereocenters. The molecule has 722 valence electrons. The predicted octanol–water partition coefficient (Wildman–Crippen LogP) is 11.2. The number of aromatic amines is 8. The van der Waals surface area contributed by atoms with Crippen molar-refractivity contribution in [3.8, 4) is 90.6 Å². The van der Waals surface area contributed by atoms with E-state index in [4.69, 9.17) is 9.97 Å². The van der Waals surface area contributed by atoms with E-state index in [9.17, 15) is 38.4 Å². The first-order chi connectivity index (χ1) is 70.1. The van der Waals surface area contributed by atoms with Crippen LogP contribution in [0.4, 0.5) is 31.4 Å². The third-order valence-corrected chi connectivity index (χ3v) is 24.7. The number of likely N-dealkylation sites (tertiary alicyclic amines) is 2. The third kappa shape index (κ3) is 19.1. The Morgan fingerprint density at radius 2 is 0.694 bits per heavy atom. The summed E-state index contributed by atoms with van der Waals surface area (Å²) in [6.45, 7) is 7.92. The van der Waals surface area contributed by atoms with Gasteiger partial charge in [-0.3, -0.25) is 84.2 Å². The van der Waals surface area contributed by atoms with Crippen molar-refractivity contribution in [1.29, 1.82) is 0 Å². The second kappa shape index (κ2) is 40.1. The number of hydrogen-bond acceptors (Lipinski definition) is 29. The average Bonchev–Trinajstić information content (AvgIpc) is 1.64. The Kier molecular flexibility index (Phi) is 25.8. The van der Waals surface area contributed by atoms with Crippen LogP contribution in [-0.4, -0.2) is 307 Å². The van der Waals surface area contributed by atoms with Crippen molar-refractivity contribution in [3.05, 3.63) is 200 Å². The van der Waals surface area contributed by atoms with Crippen molar-refractivity contribution in [2.45, 2.75) is 45.4 Å². The molecular formula is C97H91N39O8. The van der Waals surface area contributed by atoms with E-state index in [1.807, 2.05) is 70.2 Å². The number of piperazine rings is 1. The lowest BCUT2D eigenvalue weighted by molar-refractivity contribution is -0.118. The van der Waals surface area contributed by atoms with Crippen molar-refractivity contribution in [2.75, 3.05) is 111 Å². The average molecular weight is 1930 g/mol. The fourth-order valence-corrected chi connectivity index (χ4v) is 16.9. The fraction of sp³-hybridized carbons (Fsp3) is 0.216. The van der Waals surface area contributed by atoms with Gasteiger partial charge < -0.3 is 76.3 Å². The molecule has 0 unspecified atom stereocenters. The maximum absolute atomic E-state index is 13.1. The van der Waals surface area contributed by atoms with Crippen LogP contribution in [0.2, 0.25) is 0 Å². The minimum Gasteiger partial charge on any atom is -0.355 e. The number of imidazole rings is 4. The zero-order valence-corrected chi connectivity index (χ0v) is 78.5. The summed E-state index contributed by atoms with van der Waals surface area (Å²) < 4.78 is 0. The molecule has 3 fully saturated rings. The summed E-state index contributed by atoms with van der Waals surface area (Å²) in [6, 6.07) is 16.4. The van der Waals surface area contributed by atoms with Gasteiger partial charge in [-0.2, -0.15) is 20.4 Å². The summed E-state index contributed by atoms with van der Waals surface area (Å²) >= 11 is 0. The molecule has 0 spiro atoms. The number of H-pyrrole nitrogens is 8. The Balaban J connectivity index is 0.000000118. The number of nitrogens with zero attached hydrogens (tertiary/aromatic N) is 25. The standard InChI is InChI=1S/C28H29N11O2.C25H24N10O2.C23H20N8O2.C21H18N10O2/c1-37-6-8-39(9-7-37)28(41)32-19-10-17(12-29-14-19)18-11-20-24(35-36-25(20)31-13-18)26-33-22-16-30-15-21(23(22)34-26)27(40)38-4-2-3-5-38;1-34(2)25(37)29-16-7-14(9-26-11-16)15-8-17-21(32-33-22(17)28-10-15)23-30-19-13-27-12-18(20(19)31-23)24(36)35-5-3-4-6-35;1-3-15(32)7-14-5-4-12(8-26-14)13-6-16-20(30-31-21(16)27-9-13)22-28-18-11-25-10-17(19(18)29-22)23(33)24-2;1-22-20(32)14-8-25-9-15-16(14)29-19(28-15)17-13-4-11(6-26-18(13)31-30-17)10-3-12(7-24-5-10)27-21(33)23-2/h10-16H,2-9H2,1H3,(H,32,41)(H,33,34)(H,31,35,36);7-13H,3-6H2,1-2H3,(H,29,37)(H,30,31)(H,28,32,33);4-6,8-11H,3,7H2,1-2H3,(H,24,33)(H,28,29)(H,27,30,31);3-9H,1-2H3,(H,22,32)(H,28,29)(H2,23,27,33)(H,26,30,31). The summed E-state index contributed by atoms with van der Waals surface area (Å²) in [7, 11) is 10.1. The smallest absolute Gasteiger partial charge is 0.321 e. The molecule has 0 radical (unpaired) electrons. The Hall–Kier alpha value is -19.1. The Morgan fingerprint density at radius 3 is 1.05 bits per heavy atom. The monoisotopic (exact) mass is 1930 g/mol. The first kappa shape index (κ1) is 92.6. The lowest BCUT2D eigenvalue weighted by atomic mass is 10.1. The van der Waals surface area contributed by atoms with Crippen molar-refractivity contribution < 1.29 is 38.4 Å². The Labute approximate surface area is 814 Å². The van der Waals surface area contributed by atoms with Crippen LogP contribution in [0.15, 0.2) is 172 Å². The molecule has 0 saturated carbocycles. The summed E-state index contributed by atoms with van der Waals surface area (Å²) in [5.41, 5.74) is 20.1. The minimum atomic E-state index is -0.338. The van der Waals surface area contributed by atoms with Gasteiger partial charge in [-0.1, -0.05) is 13.0 Å². The summed E-state index contributed by atoms with van der Waals surface area (Å²) in [4.78, 5) is 191. The van der Waals surface area contributed by atoms with Gasteiger partial charge in [0, 0.05) is 225 Å². The molecule has 23 rings (SSSR count). The maximum atomic E-state index is 13.1. The molecule has 20 aromatic rings. The van der Waals surface area contributed by atoms with Gasteiger partial charge >= 0.3 is 18.1 Å². The van der Waals surface area contributed by atoms with Crippen molar-refractivity contribution in [2.24, 2.45) is 0 Å². The molecular weight excluding hydrogens is 1840 g/mol. The highest BCUT2D eigenvalue weighted by Gasteiger charge is 2.30. The number of Topliss-reactive ketones (excluding diaryl/α,β-unsaturated/α-hetero) is 1. The number of anilines is 3. The highest BCUT2D eigenvalue weighted by atomic mass is 16.2. The van der Waals surface area contributed by atoms with Crippen LogP contribution in [0.3, 0.4) is 0 Å². The second-order valence-corrected chi connectivity index (χ2v) is 34.3. The van der Waals surface area contributed by atoms with Gasteiger partial charge in [0.05, 0.1) is 126 Å². The van der Waals surface area contributed by atoms with E-state index >= 15 is 0 Å². The number of pyridine rings is 12. The molecule has 47 heteroatoms. The Morgan fingerprint density at radius 1 is 0.354 bits per heavy atom. The molecule has 0 aromatic carbocycles. The number of ketones is 1. The number of carbonyl (C=O) groups is 8. The molecule has 14 N–H and O–H groups in total. The van der Waals surface area contributed by atoms with Crippen LogP contribution in [-0.2, 0) is 11.2 Å². The van der Waals surface area contributed by atoms with Crippen LogP contribution in [0.25, 0.3) is 179 Å². The van der Waals surface area contributed by atoms with Gasteiger partial charge in [0.2, 0.25) is 0 Å². The van der Waals surface area contributed by atoms with Gasteiger partial charge in [0.15, 0.2) is 45.9 Å². The molecule has 47 nitrogen and oxygen atoms in total. The van der Waals surface area contributed by atoms with E-state index in [0.29, 0.717) is 178 Å². The number of nitrogens with one attached hydrogen (secondary N) is 14. The second-order valence-electron chi connectivity index (χ2n) is 34.3. The molecule has 0 bridgehead atoms. The summed E-state index contributed by atoms with van der Waals surface area (Å²) in [6.07, 6.45) is 36.0. The van der Waals surface area contributed by atoms with Gasteiger partial charge in [-0.25, -0.2) is 54.3 Å². The summed E-state index contributed by atoms with van der Waals surface area (Å²) in [5, 5.41) is 48.5. The maximum Gasteiger partial charge on any atom is 0.321 e. The predicted molar refractivity (Wildman–Crippen MR) is 535 cm³/mol. The highest BCUT2D eigenvalue weighted by molar-refractivity contribution is 6.10. The zero-order valence-electron chi connectivity index (χ0n) is 78.5. The van der Waals surface area contributed by atoms with E-state index in [0.717, 1.165) is 137 Å². The molecule has 20 aromatic heterocycles. The van der Waals surface area contributed by atoms with E-state index in [1.54, 1.807) is 140 Å². The minimum absolute atomic E-state index is 0.0517. The van der Waals surface area contributed by atoms with E-state index in [1.165, 1.54) is 24.3 Å². The number of likely N-dealkylation sites (N-methyl/N-ethyl adjacent to an activating group) is 1. The van der Waals surface area contributed by atoms with Crippen molar-refractivity contribution >= 4 is 153 Å². The van der Waals surface area contributed by atoms with E-state index in [2.05, 4.69) is 174 Å². The quantitative estimate of drug-likeness (QED) is 0.0379. The van der Waals surface area contributed by atoms with Crippen LogP contribution in [0.1, 0.15) is 86.2 Å². The third-order valence-electron chi connectivity index (χ3n) is 24.7. The number of aromatic nitrogens is 28. The number of hydrogen-bond donors (Lipinski definition) is 14. The number of urea groups is 3. The number of amides is 10. The molecule has 3 aliphatic rings. The van der Waals surface area contributed by atoms with Crippen LogP contribution in [0.5, 0.6) is 0 Å². The molecule has 10 amide bonds. The molecule has 23 heterocycles. The van der Waals surface area contributed by atoms with Crippen LogP contribution < -0.4 is 31.9 Å². The fourth-order valence-electron chi connectivity index (χ4n) is 16.9. The normalized spacial score (nSPS) is 13.1. The SMILES string of the molecule is CCC(=O)Cc1ccc(-c2cnc3n[nH]c(-c4nc5c(C(=O)NC)cncc5[nH]4)c3c2)cn1.CN(C)C(=O)Nc1cncc(-c2cnc3n[nH]c(-c4nc5c(C(=O)N6CCCC6)cncc5[nH]4)c3c2)c1.CN1CCN(C(=O)Nc2cncc(-c3cnc4n[nH]c(-c5nc6c(C(=O)N7CCCC7)cncc6[nH]5)c4c3)c2)CC1.CNC(=O)Nc1cncc(-c2cnc3n[nH]c(-c4nc5c(C(=O)NC)cncc5[nH]4)c3c2)c1. The summed E-state index contributed by atoms with van der Waals surface area (Å²) in [5.74, 6) is 1.60. The van der Waals surface area contributed by atoms with Crippen LogP contribution >= 0.6 is 0 Å². The number of fused-ring (bicyclic) bond motifs is 8. The molecule has 0 aliphatic carbocycles. The lowest BCUT2D eigenvalue weighted by Gasteiger charge is -2.32. The van der Waals surface area contributed by atoms with Gasteiger partial charge in [0.1, 0.15) is 50.6 Å². The van der Waals surface area contributed by atoms with Crippen molar-refractivity contribution in [3.63, 3.8) is 0 Å².